The van der Waals surface area contributed by atoms with Gasteiger partial charge < -0.3 is 49.5 Å². The van der Waals surface area contributed by atoms with Crippen LogP contribution in [0.1, 0.15) is 30.2 Å². The van der Waals surface area contributed by atoms with Gasteiger partial charge in [-0.3, -0.25) is 19.3 Å². The molecule has 0 aliphatic carbocycles. The number of fused-ring (bicyclic) bond motifs is 1. The molecule has 47 heavy (non-hydrogen) atoms. The number of aromatic nitrogens is 2. The molecule has 2 aromatic rings. The van der Waals surface area contributed by atoms with Crippen LogP contribution in [0.3, 0.4) is 0 Å². The lowest BCUT2D eigenvalue weighted by atomic mass is 10.0. The largest absolute Gasteiger partial charge is 0.543 e. The molecule has 0 bridgehead atoms. The van der Waals surface area contributed by atoms with E-state index in [2.05, 4.69) is 19.8 Å². The number of aliphatic carboxylic acids is 1. The van der Waals surface area contributed by atoms with Crippen LogP contribution in [0.2, 0.25) is 0 Å². The fourth-order valence-corrected chi connectivity index (χ4v) is 7.43. The second-order valence-corrected chi connectivity index (χ2v) is 12.6. The van der Waals surface area contributed by atoms with Gasteiger partial charge in [-0.2, -0.15) is 9.36 Å². The lowest BCUT2D eigenvalue weighted by molar-refractivity contribution is -0.301. The molecule has 0 radical (unpaired) electrons. The zero-order chi connectivity index (χ0) is 33.6. The normalized spacial score (nSPS) is 23.8. The molecule has 0 saturated carbocycles. The van der Waals surface area contributed by atoms with E-state index in [4.69, 9.17) is 19.3 Å². The number of ether oxygens (including phenoxy) is 1. The van der Waals surface area contributed by atoms with Crippen molar-refractivity contribution in [2.45, 2.75) is 43.8 Å². The molecule has 3 atom stereocenters. The number of hydrogen-bond donors (Lipinski definition) is 3. The highest BCUT2D eigenvalue weighted by Gasteiger charge is 2.53. The minimum Gasteiger partial charge on any atom is -0.543 e. The van der Waals surface area contributed by atoms with E-state index in [1.165, 1.54) is 29.7 Å². The number of aryl methyl sites for hydroxylation is 1. The van der Waals surface area contributed by atoms with E-state index in [0.717, 1.165) is 16.4 Å². The summed E-state index contributed by atoms with van der Waals surface area (Å²) in [5, 5.41) is 26.1. The van der Waals surface area contributed by atoms with E-state index in [9.17, 15) is 39.1 Å². The Balaban J connectivity index is 1.09. The van der Waals surface area contributed by atoms with E-state index in [0.29, 0.717) is 31.5 Å². The summed E-state index contributed by atoms with van der Waals surface area (Å²) in [6, 6.07) is -1.45. The van der Waals surface area contributed by atoms with Gasteiger partial charge in [0, 0.05) is 42.5 Å². The van der Waals surface area contributed by atoms with Crippen molar-refractivity contribution in [2.75, 3.05) is 31.1 Å². The van der Waals surface area contributed by atoms with Gasteiger partial charge in [-0.25, -0.2) is 9.59 Å². The van der Waals surface area contributed by atoms with Crippen molar-refractivity contribution >= 4 is 63.9 Å². The zero-order valence-corrected chi connectivity index (χ0v) is 26.0. The Kier molecular flexibility index (Phi) is 8.49. The second-order valence-electron chi connectivity index (χ2n) is 10.7. The summed E-state index contributed by atoms with van der Waals surface area (Å²) in [5.74, 6) is -4.41. The number of nitrogens with zero attached hydrogens (tertiary/aromatic N) is 6. The van der Waals surface area contributed by atoms with E-state index < -0.39 is 52.5 Å². The molecule has 0 unspecified atom stereocenters. The number of carbonyl (C=O) groups excluding carboxylic acids is 5. The van der Waals surface area contributed by atoms with Gasteiger partial charge in [0.15, 0.2) is 23.3 Å². The summed E-state index contributed by atoms with van der Waals surface area (Å²) in [4.78, 5) is 83.0. The van der Waals surface area contributed by atoms with Gasteiger partial charge in [-0.1, -0.05) is 5.16 Å². The van der Waals surface area contributed by atoms with Crippen LogP contribution < -0.4 is 22.0 Å². The summed E-state index contributed by atoms with van der Waals surface area (Å²) in [6.07, 6.45) is 1.60. The van der Waals surface area contributed by atoms with Crippen molar-refractivity contribution in [2.24, 2.45) is 5.16 Å². The highest BCUT2D eigenvalue weighted by atomic mass is 32.2. The third kappa shape index (κ3) is 5.93. The number of nitrogens with one attached hydrogen (secondary N) is 1. The lowest BCUT2D eigenvalue weighted by Crippen LogP contribution is -2.71. The number of β-lactam (4-membered cyclic amide) rings is 1. The molecular weight excluding hydrogens is 664 g/mol. The molecule has 3 fully saturated rings. The van der Waals surface area contributed by atoms with Crippen LogP contribution in [0.4, 0.5) is 9.93 Å². The number of carbonyl (C=O) groups is 5. The predicted octanol–water partition coefficient (Wildman–Crippen LogP) is -1.87. The monoisotopic (exact) mass is 689 g/mol. The standard InChI is InChI=1S/C26H26N8O11S2/c1-10-14(45-26(41)44-10)8-43-25(40)32-4-3-13(7-32)33-5-2-11(20(33)36)6-12-9-46-22-16(21(37)34(22)17(12)23(38)39)28-19(35)15(30-42)18-29-24(27)47-31-18/h6,13,16,22,42H,2-5,7-9H2,1H3,(H,28,35)(H,38,39)(H2,27,29,31)/p-1/b11-6+,30-15-/t13-,16-,22-/m1/s1. The van der Waals surface area contributed by atoms with Gasteiger partial charge >= 0.3 is 11.9 Å². The van der Waals surface area contributed by atoms with Gasteiger partial charge in [0.2, 0.25) is 17.4 Å². The van der Waals surface area contributed by atoms with Crippen molar-refractivity contribution in [3.05, 3.63) is 50.9 Å². The van der Waals surface area contributed by atoms with Crippen LogP contribution in [0.5, 0.6) is 0 Å². The maximum atomic E-state index is 13.4. The molecule has 19 nitrogen and oxygen atoms in total. The summed E-state index contributed by atoms with van der Waals surface area (Å²) in [6.45, 7) is 2.09. The Hall–Kier alpha value is -5.18. The molecule has 6 heterocycles. The van der Waals surface area contributed by atoms with Gasteiger partial charge in [0.25, 0.3) is 11.8 Å². The maximum Gasteiger partial charge on any atom is 0.519 e. The topological polar surface area (TPSA) is 267 Å². The van der Waals surface area contributed by atoms with Gasteiger partial charge in [-0.05, 0) is 31.4 Å². The molecular formula is C26H25N8O11S2-. The Morgan fingerprint density at radius 2 is 2.04 bits per heavy atom. The number of likely N-dealkylation sites (tertiary alicyclic amines) is 2. The zero-order valence-electron chi connectivity index (χ0n) is 24.4. The van der Waals surface area contributed by atoms with E-state index in [1.807, 2.05) is 0 Å². The van der Waals surface area contributed by atoms with Crippen molar-refractivity contribution in [3.8, 4) is 0 Å². The van der Waals surface area contributed by atoms with Crippen LogP contribution in [0.15, 0.2) is 41.7 Å². The smallest absolute Gasteiger partial charge is 0.519 e. The first-order chi connectivity index (χ1) is 22.5. The van der Waals surface area contributed by atoms with E-state index in [1.54, 1.807) is 4.90 Å². The fraction of sp³-hybridized carbons (Fsp3) is 0.423. The number of oxime groups is 1. The third-order valence-corrected chi connectivity index (χ3v) is 9.82. The Bertz CT molecular complexity index is 1830. The van der Waals surface area contributed by atoms with Crippen LogP contribution >= 0.6 is 23.3 Å². The number of carboxylic acid groups (broad SMARTS) is 1. The third-order valence-electron chi connectivity index (χ3n) is 7.98. The molecule has 4 aliphatic heterocycles. The number of nitrogens with two attached hydrogens (primary N) is 1. The van der Waals surface area contributed by atoms with Crippen LogP contribution in [0.25, 0.3) is 0 Å². The second kappa shape index (κ2) is 12.5. The predicted molar refractivity (Wildman–Crippen MR) is 156 cm³/mol. The average molecular weight is 690 g/mol. The lowest BCUT2D eigenvalue weighted by Gasteiger charge is -2.50. The molecule has 2 aromatic heterocycles. The molecule has 248 valence electrons. The average Bonchev–Trinajstić information content (AvgIpc) is 3.83. The van der Waals surface area contributed by atoms with E-state index >= 15 is 0 Å². The highest BCUT2D eigenvalue weighted by Crippen LogP contribution is 2.41. The summed E-state index contributed by atoms with van der Waals surface area (Å²) in [7, 11) is 0. The molecule has 4 aliphatic rings. The fourth-order valence-electron chi connectivity index (χ4n) is 5.69. The van der Waals surface area contributed by atoms with Crippen molar-refractivity contribution < 1.29 is 47.9 Å². The minimum atomic E-state index is -1.63. The number of anilines is 1. The molecule has 6 rings (SSSR count). The van der Waals surface area contributed by atoms with Crippen molar-refractivity contribution in [1.82, 2.24) is 29.4 Å². The van der Waals surface area contributed by atoms with Crippen LogP contribution in [-0.2, 0) is 30.5 Å². The van der Waals surface area contributed by atoms with Crippen molar-refractivity contribution in [3.63, 3.8) is 0 Å². The van der Waals surface area contributed by atoms with Gasteiger partial charge in [-0.15, -0.1) is 11.8 Å². The number of hydrogen-bond acceptors (Lipinski definition) is 17. The minimum absolute atomic E-state index is 0.0255. The number of thioether (sulfide) groups is 1. The quantitative estimate of drug-likeness (QED) is 0.0901. The number of allylic oxidation sites excluding steroid dienone is 1. The first-order valence-electron chi connectivity index (χ1n) is 14.0. The number of nitrogen functional groups attached to an aromatic ring is 1. The molecule has 21 heteroatoms. The first kappa shape index (κ1) is 31.8. The molecule has 4 N–H and O–H groups in total. The highest BCUT2D eigenvalue weighted by molar-refractivity contribution is 8.00. The summed E-state index contributed by atoms with van der Waals surface area (Å²) in [5.41, 5.74) is 5.07. The molecule has 0 aromatic carbocycles. The van der Waals surface area contributed by atoms with Crippen molar-refractivity contribution in [1.29, 1.82) is 0 Å². The summed E-state index contributed by atoms with van der Waals surface area (Å²) >= 11 is 1.94. The summed E-state index contributed by atoms with van der Waals surface area (Å²) < 4.78 is 18.6. The number of amides is 4. The van der Waals surface area contributed by atoms with Crippen LogP contribution in [-0.4, -0.2) is 108 Å². The van der Waals surface area contributed by atoms with Gasteiger partial charge in [0.05, 0.1) is 17.7 Å². The molecule has 3 saturated heterocycles. The van der Waals surface area contributed by atoms with Gasteiger partial charge in [0.1, 0.15) is 11.4 Å². The Morgan fingerprint density at radius 1 is 1.26 bits per heavy atom. The molecule has 0 spiro atoms. The first-order valence-corrected chi connectivity index (χ1v) is 15.8. The maximum absolute atomic E-state index is 13.4. The Labute approximate surface area is 271 Å². The Morgan fingerprint density at radius 3 is 2.70 bits per heavy atom. The number of carboxylic acids is 1. The molecule has 4 amide bonds. The van der Waals surface area contributed by atoms with Crippen LogP contribution in [0, 0.1) is 6.92 Å². The van der Waals surface area contributed by atoms with E-state index in [-0.39, 0.29) is 58.9 Å². The SMILES string of the molecule is Cc1oc(=O)oc1COC(=O)N1CC[C@@H](N2CC/C(=C\C3=C(C(=O)[O-])N4C(=O)[C@@H](NC(=O)/C(=N\O)c5nsc(N)n5)[C@H]4SC3)C2=O)C1. The number of rotatable bonds is 8.